The van der Waals surface area contributed by atoms with Crippen molar-refractivity contribution in [3.63, 3.8) is 0 Å². The second kappa shape index (κ2) is 4.11. The van der Waals surface area contributed by atoms with E-state index in [2.05, 4.69) is 9.97 Å². The molecule has 2 aromatic rings. The molecule has 0 spiro atoms. The SMILES string of the molecule is NC1CCCC(c2nc3c(F)cccc3[nH]2)C1. The van der Waals surface area contributed by atoms with E-state index in [0.717, 1.165) is 37.0 Å². The maximum atomic E-state index is 13.5. The van der Waals surface area contributed by atoms with Gasteiger partial charge in [0.05, 0.1) is 5.52 Å². The number of benzene rings is 1. The van der Waals surface area contributed by atoms with Gasteiger partial charge in [0, 0.05) is 12.0 Å². The van der Waals surface area contributed by atoms with Gasteiger partial charge in [0.15, 0.2) is 5.82 Å². The van der Waals surface area contributed by atoms with Gasteiger partial charge in [-0.1, -0.05) is 12.5 Å². The Morgan fingerprint density at radius 2 is 2.24 bits per heavy atom. The fourth-order valence-electron chi connectivity index (χ4n) is 2.69. The molecule has 17 heavy (non-hydrogen) atoms. The average molecular weight is 233 g/mol. The van der Waals surface area contributed by atoms with Gasteiger partial charge in [-0.25, -0.2) is 9.37 Å². The van der Waals surface area contributed by atoms with E-state index < -0.39 is 0 Å². The Balaban J connectivity index is 1.97. The van der Waals surface area contributed by atoms with Gasteiger partial charge >= 0.3 is 0 Å². The highest BCUT2D eigenvalue weighted by Crippen LogP contribution is 2.31. The lowest BCUT2D eigenvalue weighted by molar-refractivity contribution is 0.384. The van der Waals surface area contributed by atoms with Crippen LogP contribution in [0.1, 0.15) is 37.4 Å². The van der Waals surface area contributed by atoms with Crippen LogP contribution in [0.4, 0.5) is 4.39 Å². The highest BCUT2D eigenvalue weighted by Gasteiger charge is 2.23. The van der Waals surface area contributed by atoms with Crippen molar-refractivity contribution >= 4 is 11.0 Å². The smallest absolute Gasteiger partial charge is 0.151 e. The Morgan fingerprint density at radius 3 is 3.00 bits per heavy atom. The molecule has 1 aromatic carbocycles. The summed E-state index contributed by atoms with van der Waals surface area (Å²) in [6.45, 7) is 0. The third kappa shape index (κ3) is 1.93. The van der Waals surface area contributed by atoms with Crippen LogP contribution in [0.5, 0.6) is 0 Å². The van der Waals surface area contributed by atoms with E-state index >= 15 is 0 Å². The quantitative estimate of drug-likeness (QED) is 0.795. The van der Waals surface area contributed by atoms with Gasteiger partial charge in [-0.15, -0.1) is 0 Å². The molecule has 4 heteroatoms. The zero-order valence-corrected chi connectivity index (χ0v) is 9.62. The molecule has 2 atom stereocenters. The van der Waals surface area contributed by atoms with E-state index in [1.807, 2.05) is 6.07 Å². The fraction of sp³-hybridized carbons (Fsp3) is 0.462. The van der Waals surface area contributed by atoms with Crippen molar-refractivity contribution in [1.29, 1.82) is 0 Å². The van der Waals surface area contributed by atoms with E-state index in [1.54, 1.807) is 6.07 Å². The van der Waals surface area contributed by atoms with Crippen LogP contribution in [-0.2, 0) is 0 Å². The molecule has 1 saturated carbocycles. The van der Waals surface area contributed by atoms with Crippen molar-refractivity contribution < 1.29 is 4.39 Å². The van der Waals surface area contributed by atoms with Crippen LogP contribution >= 0.6 is 0 Å². The van der Waals surface area contributed by atoms with Gasteiger partial charge in [0.2, 0.25) is 0 Å². The lowest BCUT2D eigenvalue weighted by atomic mass is 9.86. The highest BCUT2D eigenvalue weighted by molar-refractivity contribution is 5.75. The molecule has 0 radical (unpaired) electrons. The minimum Gasteiger partial charge on any atom is -0.342 e. The van der Waals surface area contributed by atoms with Crippen LogP contribution in [0.2, 0.25) is 0 Å². The maximum absolute atomic E-state index is 13.5. The fourth-order valence-corrected chi connectivity index (χ4v) is 2.69. The summed E-state index contributed by atoms with van der Waals surface area (Å²) in [5.41, 5.74) is 7.19. The molecule has 0 bridgehead atoms. The standard InChI is InChI=1S/C13H16FN3/c14-10-5-2-6-11-12(10)17-13(16-11)8-3-1-4-9(15)7-8/h2,5-6,8-9H,1,3-4,7,15H2,(H,16,17). The summed E-state index contributed by atoms with van der Waals surface area (Å²) in [5.74, 6) is 0.982. The number of rotatable bonds is 1. The van der Waals surface area contributed by atoms with Crippen LogP contribution in [0.3, 0.4) is 0 Å². The second-order valence-corrected chi connectivity index (χ2v) is 4.88. The Morgan fingerprint density at radius 1 is 1.35 bits per heavy atom. The normalized spacial score (nSPS) is 25.3. The molecule has 0 aliphatic heterocycles. The number of para-hydroxylation sites is 1. The molecule has 3 nitrogen and oxygen atoms in total. The number of nitrogens with one attached hydrogen (secondary N) is 1. The summed E-state index contributed by atoms with van der Waals surface area (Å²) < 4.78 is 13.5. The zero-order valence-electron chi connectivity index (χ0n) is 9.62. The van der Waals surface area contributed by atoms with Crippen molar-refractivity contribution in [2.24, 2.45) is 5.73 Å². The minimum absolute atomic E-state index is 0.256. The number of hydrogen-bond donors (Lipinski definition) is 2. The van der Waals surface area contributed by atoms with Gasteiger partial charge in [0.1, 0.15) is 11.3 Å². The van der Waals surface area contributed by atoms with Gasteiger partial charge in [0.25, 0.3) is 0 Å². The maximum Gasteiger partial charge on any atom is 0.151 e. The summed E-state index contributed by atoms with van der Waals surface area (Å²) in [6.07, 6.45) is 4.26. The molecule has 0 amide bonds. The number of H-pyrrole nitrogens is 1. The monoisotopic (exact) mass is 233 g/mol. The Kier molecular flexibility index (Phi) is 2.59. The number of aromatic nitrogens is 2. The zero-order chi connectivity index (χ0) is 11.8. The van der Waals surface area contributed by atoms with Gasteiger partial charge in [-0.3, -0.25) is 0 Å². The van der Waals surface area contributed by atoms with Crippen molar-refractivity contribution in [3.05, 3.63) is 29.8 Å². The van der Waals surface area contributed by atoms with Crippen LogP contribution in [-0.4, -0.2) is 16.0 Å². The molecule has 2 unspecified atom stereocenters. The number of nitrogens with two attached hydrogens (primary N) is 1. The molecule has 1 aromatic heterocycles. The van der Waals surface area contributed by atoms with E-state index in [-0.39, 0.29) is 11.9 Å². The molecule has 3 N–H and O–H groups in total. The summed E-state index contributed by atoms with van der Waals surface area (Å²) in [5, 5.41) is 0. The molecule has 3 rings (SSSR count). The average Bonchev–Trinajstić information content (AvgIpc) is 2.74. The minimum atomic E-state index is -0.259. The van der Waals surface area contributed by atoms with Crippen molar-refractivity contribution in [2.45, 2.75) is 37.6 Å². The Bertz CT molecular complexity index is 534. The summed E-state index contributed by atoms with van der Waals surface area (Å²) in [7, 11) is 0. The van der Waals surface area contributed by atoms with Crippen LogP contribution in [0, 0.1) is 5.82 Å². The third-order valence-corrected chi connectivity index (χ3v) is 3.58. The second-order valence-electron chi connectivity index (χ2n) is 4.88. The van der Waals surface area contributed by atoms with Gasteiger partial charge in [-0.05, 0) is 31.4 Å². The van der Waals surface area contributed by atoms with Crippen molar-refractivity contribution in [2.75, 3.05) is 0 Å². The largest absolute Gasteiger partial charge is 0.342 e. The van der Waals surface area contributed by atoms with E-state index in [1.165, 1.54) is 6.07 Å². The number of aromatic amines is 1. The highest BCUT2D eigenvalue weighted by atomic mass is 19.1. The number of nitrogens with zero attached hydrogens (tertiary/aromatic N) is 1. The number of fused-ring (bicyclic) bond motifs is 1. The lowest BCUT2D eigenvalue weighted by Gasteiger charge is -2.24. The first kappa shape index (κ1) is 10.7. The molecule has 1 heterocycles. The predicted octanol–water partition coefficient (Wildman–Crippen LogP) is 2.69. The molecule has 1 fully saturated rings. The van der Waals surface area contributed by atoms with Gasteiger partial charge < -0.3 is 10.7 Å². The first-order valence-electron chi connectivity index (χ1n) is 6.14. The summed E-state index contributed by atoms with van der Waals surface area (Å²) >= 11 is 0. The number of hydrogen-bond acceptors (Lipinski definition) is 2. The molecule has 1 aliphatic carbocycles. The van der Waals surface area contributed by atoms with Crippen LogP contribution in [0.25, 0.3) is 11.0 Å². The Labute approximate surface area is 99.2 Å². The number of imidazole rings is 1. The predicted molar refractivity (Wildman–Crippen MR) is 65.2 cm³/mol. The van der Waals surface area contributed by atoms with Crippen molar-refractivity contribution in [3.8, 4) is 0 Å². The summed E-state index contributed by atoms with van der Waals surface area (Å²) in [6, 6.07) is 5.26. The first-order chi connectivity index (χ1) is 8.24. The van der Waals surface area contributed by atoms with Gasteiger partial charge in [-0.2, -0.15) is 0 Å². The van der Waals surface area contributed by atoms with Crippen molar-refractivity contribution in [1.82, 2.24) is 9.97 Å². The first-order valence-corrected chi connectivity index (χ1v) is 6.14. The number of halogens is 1. The van der Waals surface area contributed by atoms with E-state index in [4.69, 9.17) is 5.73 Å². The lowest BCUT2D eigenvalue weighted by Crippen LogP contribution is -2.27. The van der Waals surface area contributed by atoms with E-state index in [9.17, 15) is 4.39 Å². The molecular weight excluding hydrogens is 217 g/mol. The Hall–Kier alpha value is -1.42. The molecule has 0 saturated heterocycles. The topological polar surface area (TPSA) is 54.7 Å². The third-order valence-electron chi connectivity index (χ3n) is 3.58. The van der Waals surface area contributed by atoms with Crippen LogP contribution in [0.15, 0.2) is 18.2 Å². The molecular formula is C13H16FN3. The summed E-state index contributed by atoms with van der Waals surface area (Å²) in [4.78, 5) is 7.60. The molecule has 1 aliphatic rings. The van der Waals surface area contributed by atoms with Crippen LogP contribution < -0.4 is 5.73 Å². The molecule has 90 valence electrons. The van der Waals surface area contributed by atoms with E-state index in [0.29, 0.717) is 11.4 Å².